The van der Waals surface area contributed by atoms with Crippen LogP contribution in [0.25, 0.3) is 11.1 Å². The summed E-state index contributed by atoms with van der Waals surface area (Å²) in [6.07, 6.45) is 4.06. The molecule has 0 bridgehead atoms. The summed E-state index contributed by atoms with van der Waals surface area (Å²) >= 11 is 0. The Hall–Kier alpha value is -2.43. The SMILES string of the molecule is Cl.O=c1c(-c2ccccc2)ccnn1CC1CCCN(Cc2ccccc2)C1. The second-order valence-electron chi connectivity index (χ2n) is 7.33. The molecule has 2 heterocycles. The normalized spacial score (nSPS) is 17.1. The zero-order chi connectivity index (χ0) is 18.5. The fourth-order valence-electron chi connectivity index (χ4n) is 3.95. The van der Waals surface area contributed by atoms with E-state index in [1.807, 2.05) is 36.4 Å². The summed E-state index contributed by atoms with van der Waals surface area (Å²) in [6, 6.07) is 22.3. The number of halogens is 1. The highest BCUT2D eigenvalue weighted by atomic mass is 35.5. The van der Waals surface area contributed by atoms with Crippen LogP contribution in [0.15, 0.2) is 77.7 Å². The molecule has 2 aromatic carbocycles. The van der Waals surface area contributed by atoms with Crippen LogP contribution in [-0.4, -0.2) is 27.8 Å². The lowest BCUT2D eigenvalue weighted by Gasteiger charge is -2.32. The van der Waals surface area contributed by atoms with Crippen molar-refractivity contribution in [3.8, 4) is 11.1 Å². The Morgan fingerprint density at radius 2 is 1.68 bits per heavy atom. The molecule has 1 aromatic heterocycles. The van der Waals surface area contributed by atoms with E-state index in [1.54, 1.807) is 10.9 Å². The standard InChI is InChI=1S/C23H25N3O.ClH/c27-23-22(21-11-5-2-6-12-21)13-14-24-26(23)18-20-10-7-15-25(17-20)16-19-8-3-1-4-9-19;/h1-6,8-9,11-14,20H,7,10,15-18H2;1H. The lowest BCUT2D eigenvalue weighted by atomic mass is 9.97. The van der Waals surface area contributed by atoms with Gasteiger partial charge in [-0.3, -0.25) is 9.69 Å². The Bertz CT molecular complexity index is 927. The van der Waals surface area contributed by atoms with E-state index >= 15 is 0 Å². The predicted molar refractivity (Wildman–Crippen MR) is 116 cm³/mol. The van der Waals surface area contributed by atoms with Gasteiger partial charge < -0.3 is 0 Å². The van der Waals surface area contributed by atoms with Crippen LogP contribution >= 0.6 is 12.4 Å². The smallest absolute Gasteiger partial charge is 0.274 e. The van der Waals surface area contributed by atoms with Gasteiger partial charge in [-0.15, -0.1) is 12.4 Å². The minimum atomic E-state index is 0. The number of likely N-dealkylation sites (tertiary alicyclic amines) is 1. The lowest BCUT2D eigenvalue weighted by molar-refractivity contribution is 0.152. The van der Waals surface area contributed by atoms with Crippen LogP contribution in [0.5, 0.6) is 0 Å². The van der Waals surface area contributed by atoms with Crippen molar-refractivity contribution in [2.45, 2.75) is 25.9 Å². The van der Waals surface area contributed by atoms with E-state index in [4.69, 9.17) is 0 Å². The fraction of sp³-hybridized carbons (Fsp3) is 0.304. The van der Waals surface area contributed by atoms with Crippen molar-refractivity contribution in [3.63, 3.8) is 0 Å². The first-order chi connectivity index (χ1) is 13.3. The van der Waals surface area contributed by atoms with Crippen molar-refractivity contribution in [3.05, 3.63) is 88.8 Å². The molecule has 3 aromatic rings. The molecule has 28 heavy (non-hydrogen) atoms. The monoisotopic (exact) mass is 395 g/mol. The first kappa shape index (κ1) is 20.3. The maximum absolute atomic E-state index is 12.9. The number of benzene rings is 2. The Labute approximate surface area is 172 Å². The zero-order valence-electron chi connectivity index (χ0n) is 15.9. The van der Waals surface area contributed by atoms with Crippen LogP contribution in [-0.2, 0) is 13.1 Å². The van der Waals surface area contributed by atoms with E-state index in [-0.39, 0.29) is 18.0 Å². The topological polar surface area (TPSA) is 38.1 Å². The van der Waals surface area contributed by atoms with Crippen molar-refractivity contribution >= 4 is 12.4 Å². The summed E-state index contributed by atoms with van der Waals surface area (Å²) in [7, 11) is 0. The van der Waals surface area contributed by atoms with Gasteiger partial charge in [-0.1, -0.05) is 60.7 Å². The average Bonchev–Trinajstić information content (AvgIpc) is 2.71. The number of rotatable bonds is 5. The highest BCUT2D eigenvalue weighted by molar-refractivity contribution is 5.85. The molecule has 1 fully saturated rings. The number of piperidine rings is 1. The third kappa shape index (κ3) is 4.89. The predicted octanol–water partition coefficient (Wildman–Crippen LogP) is 4.24. The molecule has 1 unspecified atom stereocenters. The highest BCUT2D eigenvalue weighted by Gasteiger charge is 2.21. The Morgan fingerprint density at radius 3 is 2.43 bits per heavy atom. The maximum Gasteiger partial charge on any atom is 0.274 e. The Morgan fingerprint density at radius 1 is 0.964 bits per heavy atom. The molecule has 1 atom stereocenters. The molecule has 4 rings (SSSR count). The molecule has 0 saturated carbocycles. The van der Waals surface area contributed by atoms with E-state index in [9.17, 15) is 4.79 Å². The molecular weight excluding hydrogens is 370 g/mol. The van der Waals surface area contributed by atoms with Gasteiger partial charge in [0.1, 0.15) is 0 Å². The fourth-order valence-corrected chi connectivity index (χ4v) is 3.95. The van der Waals surface area contributed by atoms with Gasteiger partial charge in [0.2, 0.25) is 0 Å². The van der Waals surface area contributed by atoms with Crippen LogP contribution in [0.4, 0.5) is 0 Å². The summed E-state index contributed by atoms with van der Waals surface area (Å²) in [5.41, 5.74) is 3.03. The number of aromatic nitrogens is 2. The quantitative estimate of drug-likeness (QED) is 0.648. The molecule has 0 spiro atoms. The van der Waals surface area contributed by atoms with Gasteiger partial charge in [0.05, 0.1) is 5.56 Å². The minimum absolute atomic E-state index is 0. The lowest BCUT2D eigenvalue weighted by Crippen LogP contribution is -2.38. The Balaban J connectivity index is 0.00000225. The van der Waals surface area contributed by atoms with Crippen molar-refractivity contribution in [2.24, 2.45) is 5.92 Å². The van der Waals surface area contributed by atoms with E-state index in [1.165, 1.54) is 12.0 Å². The summed E-state index contributed by atoms with van der Waals surface area (Å²) < 4.78 is 1.65. The number of hydrogen-bond donors (Lipinski definition) is 0. The van der Waals surface area contributed by atoms with Crippen LogP contribution in [0.1, 0.15) is 18.4 Å². The molecule has 0 amide bonds. The molecule has 4 nitrogen and oxygen atoms in total. The van der Waals surface area contributed by atoms with Crippen LogP contribution in [0.3, 0.4) is 0 Å². The summed E-state index contributed by atoms with van der Waals surface area (Å²) in [6.45, 7) is 3.80. The van der Waals surface area contributed by atoms with Gasteiger partial charge in [-0.05, 0) is 42.5 Å². The minimum Gasteiger partial charge on any atom is -0.299 e. The summed E-state index contributed by atoms with van der Waals surface area (Å²) in [5.74, 6) is 0.457. The van der Waals surface area contributed by atoms with Gasteiger partial charge in [0.25, 0.3) is 5.56 Å². The van der Waals surface area contributed by atoms with Crippen LogP contribution in [0.2, 0.25) is 0 Å². The maximum atomic E-state index is 12.9. The van der Waals surface area contributed by atoms with Gasteiger partial charge in [-0.25, -0.2) is 4.68 Å². The van der Waals surface area contributed by atoms with E-state index in [2.05, 4.69) is 40.3 Å². The molecule has 146 valence electrons. The van der Waals surface area contributed by atoms with Crippen molar-refractivity contribution in [2.75, 3.05) is 13.1 Å². The van der Waals surface area contributed by atoms with Gasteiger partial charge in [0.15, 0.2) is 0 Å². The first-order valence-electron chi connectivity index (χ1n) is 9.67. The third-order valence-corrected chi connectivity index (χ3v) is 5.28. The molecule has 0 N–H and O–H groups in total. The summed E-state index contributed by atoms with van der Waals surface area (Å²) in [5, 5.41) is 4.35. The molecule has 5 heteroatoms. The van der Waals surface area contributed by atoms with Crippen molar-refractivity contribution in [1.82, 2.24) is 14.7 Å². The first-order valence-corrected chi connectivity index (χ1v) is 9.67. The van der Waals surface area contributed by atoms with Gasteiger partial charge in [-0.2, -0.15) is 5.10 Å². The van der Waals surface area contributed by atoms with Crippen molar-refractivity contribution < 1.29 is 0 Å². The number of hydrogen-bond acceptors (Lipinski definition) is 3. The average molecular weight is 396 g/mol. The van der Waals surface area contributed by atoms with Gasteiger partial charge in [0, 0.05) is 25.8 Å². The van der Waals surface area contributed by atoms with Crippen molar-refractivity contribution in [1.29, 1.82) is 0 Å². The van der Waals surface area contributed by atoms with E-state index < -0.39 is 0 Å². The highest BCUT2D eigenvalue weighted by Crippen LogP contribution is 2.20. The Kier molecular flexibility index (Phi) is 7.01. The van der Waals surface area contributed by atoms with Crippen LogP contribution in [0, 0.1) is 5.92 Å². The third-order valence-electron chi connectivity index (χ3n) is 5.28. The second kappa shape index (κ2) is 9.67. The summed E-state index contributed by atoms with van der Waals surface area (Å²) in [4.78, 5) is 15.4. The van der Waals surface area contributed by atoms with Gasteiger partial charge >= 0.3 is 0 Å². The molecule has 1 aliphatic rings. The zero-order valence-corrected chi connectivity index (χ0v) is 16.7. The molecule has 0 radical (unpaired) electrons. The molecular formula is C23H26ClN3O. The number of nitrogens with zero attached hydrogens (tertiary/aromatic N) is 3. The molecule has 1 aliphatic heterocycles. The van der Waals surface area contributed by atoms with Crippen LogP contribution < -0.4 is 5.56 Å². The van der Waals surface area contributed by atoms with E-state index in [0.717, 1.165) is 37.2 Å². The molecule has 1 saturated heterocycles. The largest absolute Gasteiger partial charge is 0.299 e. The second-order valence-corrected chi connectivity index (χ2v) is 7.33. The molecule has 0 aliphatic carbocycles. The van der Waals surface area contributed by atoms with E-state index in [0.29, 0.717) is 12.5 Å².